The summed E-state index contributed by atoms with van der Waals surface area (Å²) in [6, 6.07) is 10.8. The van der Waals surface area contributed by atoms with Crippen molar-refractivity contribution >= 4 is 23.5 Å². The molecule has 2 heterocycles. The van der Waals surface area contributed by atoms with Gasteiger partial charge in [-0.2, -0.15) is 0 Å². The second kappa shape index (κ2) is 8.63. The van der Waals surface area contributed by atoms with Crippen molar-refractivity contribution in [1.29, 1.82) is 0 Å². The predicted molar refractivity (Wildman–Crippen MR) is 99.4 cm³/mol. The quantitative estimate of drug-likeness (QED) is 0.469. The van der Waals surface area contributed by atoms with Gasteiger partial charge in [0.15, 0.2) is 5.78 Å². The van der Waals surface area contributed by atoms with Crippen LogP contribution < -0.4 is 5.32 Å². The highest BCUT2D eigenvalue weighted by atomic mass is 32.2. The molecule has 0 fully saturated rings. The van der Waals surface area contributed by atoms with E-state index in [0.29, 0.717) is 17.3 Å². The van der Waals surface area contributed by atoms with Crippen LogP contribution in [0.25, 0.3) is 0 Å². The highest BCUT2D eigenvalue weighted by Gasteiger charge is 2.13. The molecule has 1 unspecified atom stereocenters. The Hall–Kier alpha value is -2.94. The monoisotopic (exact) mass is 385 g/mol. The molecule has 0 spiro atoms. The third kappa shape index (κ3) is 5.04. The minimum Gasteiger partial charge on any atom is -0.467 e. The minimum atomic E-state index is -0.104. The van der Waals surface area contributed by atoms with E-state index in [2.05, 4.69) is 20.8 Å². The van der Waals surface area contributed by atoms with Gasteiger partial charge in [-0.05, 0) is 35.0 Å². The zero-order valence-electron chi connectivity index (χ0n) is 15.0. The van der Waals surface area contributed by atoms with Crippen LogP contribution >= 0.6 is 11.8 Å². The van der Waals surface area contributed by atoms with E-state index >= 15 is 0 Å². The maximum atomic E-state index is 12.4. The molecule has 0 saturated heterocycles. The van der Waals surface area contributed by atoms with Gasteiger partial charge in [-0.1, -0.05) is 36.0 Å². The lowest BCUT2D eigenvalue weighted by Crippen LogP contribution is -2.23. The summed E-state index contributed by atoms with van der Waals surface area (Å²) in [6.45, 7) is 3.78. The fourth-order valence-corrected chi connectivity index (χ4v) is 3.28. The van der Waals surface area contributed by atoms with Crippen molar-refractivity contribution in [1.82, 2.24) is 25.5 Å². The van der Waals surface area contributed by atoms with E-state index in [1.807, 2.05) is 25.1 Å². The van der Waals surface area contributed by atoms with Crippen molar-refractivity contribution in [3.05, 3.63) is 59.5 Å². The van der Waals surface area contributed by atoms with Crippen LogP contribution in [0.4, 0.5) is 0 Å². The summed E-state index contributed by atoms with van der Waals surface area (Å²) >= 11 is 1.28. The molecule has 1 amide bonds. The fourth-order valence-electron chi connectivity index (χ4n) is 2.51. The van der Waals surface area contributed by atoms with Crippen LogP contribution in [-0.2, 0) is 11.3 Å². The molecular weight excluding hydrogens is 366 g/mol. The molecule has 8 nitrogen and oxygen atoms in total. The van der Waals surface area contributed by atoms with Gasteiger partial charge in [0, 0.05) is 12.5 Å². The molecule has 1 atom stereocenters. The number of hydrogen-bond donors (Lipinski definition) is 1. The van der Waals surface area contributed by atoms with Gasteiger partial charge in [0.25, 0.3) is 0 Å². The molecule has 0 aliphatic heterocycles. The van der Waals surface area contributed by atoms with Crippen LogP contribution in [0.1, 0.15) is 41.6 Å². The number of hydrogen-bond acceptors (Lipinski definition) is 7. The summed E-state index contributed by atoms with van der Waals surface area (Å²) in [5, 5.41) is 14.9. The highest BCUT2D eigenvalue weighted by Crippen LogP contribution is 2.19. The number of furan rings is 1. The van der Waals surface area contributed by atoms with Crippen LogP contribution in [0.3, 0.4) is 0 Å². The molecule has 2 aromatic heterocycles. The molecular formula is C18H19N5O3S. The van der Waals surface area contributed by atoms with Crippen LogP contribution in [0.15, 0.2) is 52.2 Å². The van der Waals surface area contributed by atoms with Gasteiger partial charge in [0.1, 0.15) is 12.3 Å². The summed E-state index contributed by atoms with van der Waals surface area (Å²) in [5.74, 6) is 0.844. The van der Waals surface area contributed by atoms with Crippen LogP contribution in [0.5, 0.6) is 0 Å². The number of carbonyl (C=O) groups excluding carboxylic acids is 2. The molecule has 3 aromatic rings. The molecule has 140 valence electrons. The van der Waals surface area contributed by atoms with Crippen LogP contribution in [0.2, 0.25) is 0 Å². The second-order valence-electron chi connectivity index (χ2n) is 5.95. The number of rotatable bonds is 8. The Morgan fingerprint density at radius 1 is 1.26 bits per heavy atom. The Morgan fingerprint density at radius 2 is 2.04 bits per heavy atom. The van der Waals surface area contributed by atoms with Crippen molar-refractivity contribution in [3.63, 3.8) is 0 Å². The zero-order valence-corrected chi connectivity index (χ0v) is 15.8. The number of thioether (sulfide) groups is 1. The highest BCUT2D eigenvalue weighted by molar-refractivity contribution is 7.99. The van der Waals surface area contributed by atoms with Gasteiger partial charge in [-0.3, -0.25) is 9.59 Å². The van der Waals surface area contributed by atoms with Crippen LogP contribution in [-0.4, -0.2) is 37.7 Å². The number of ketones is 1. The number of Topliss-reactive ketones (excluding diaryl/α,β-unsaturated/α-hetero) is 1. The first-order chi connectivity index (χ1) is 13.0. The summed E-state index contributed by atoms with van der Waals surface area (Å²) < 4.78 is 6.88. The van der Waals surface area contributed by atoms with E-state index in [-0.39, 0.29) is 23.5 Å². The summed E-state index contributed by atoms with van der Waals surface area (Å²) in [7, 11) is 0. The number of tetrazole rings is 1. The lowest BCUT2D eigenvalue weighted by Gasteiger charge is -2.13. The Labute approximate surface area is 160 Å². The van der Waals surface area contributed by atoms with Gasteiger partial charge in [0.2, 0.25) is 11.1 Å². The van der Waals surface area contributed by atoms with Crippen molar-refractivity contribution in [3.8, 4) is 0 Å². The zero-order chi connectivity index (χ0) is 19.2. The van der Waals surface area contributed by atoms with E-state index in [4.69, 9.17) is 4.42 Å². The van der Waals surface area contributed by atoms with Gasteiger partial charge >= 0.3 is 0 Å². The number of nitrogens with one attached hydrogen (secondary N) is 1. The lowest BCUT2D eigenvalue weighted by molar-refractivity contribution is -0.119. The maximum Gasteiger partial charge on any atom is 0.217 e. The number of benzene rings is 1. The molecule has 1 N–H and O–H groups in total. The molecule has 0 saturated carbocycles. The molecule has 1 aromatic carbocycles. The Morgan fingerprint density at radius 3 is 2.70 bits per heavy atom. The van der Waals surface area contributed by atoms with Crippen molar-refractivity contribution in [2.24, 2.45) is 0 Å². The number of amides is 1. The van der Waals surface area contributed by atoms with Gasteiger partial charge in [-0.25, -0.2) is 4.68 Å². The third-order valence-electron chi connectivity index (χ3n) is 3.87. The average molecular weight is 385 g/mol. The second-order valence-corrected chi connectivity index (χ2v) is 6.90. The fraction of sp³-hybridized carbons (Fsp3) is 0.278. The van der Waals surface area contributed by atoms with E-state index in [1.54, 1.807) is 29.1 Å². The largest absolute Gasteiger partial charge is 0.467 e. The normalized spacial score (nSPS) is 11.9. The molecule has 0 bridgehead atoms. The molecule has 9 heteroatoms. The van der Waals surface area contributed by atoms with Gasteiger partial charge in [0.05, 0.1) is 18.1 Å². The Balaban J connectivity index is 1.58. The predicted octanol–water partition coefficient (Wildman–Crippen LogP) is 2.49. The van der Waals surface area contributed by atoms with E-state index in [9.17, 15) is 9.59 Å². The first-order valence-electron chi connectivity index (χ1n) is 8.34. The standard InChI is InChI=1S/C18H19N5O3S/c1-12(19-13(2)24)14-5-7-15(8-6-14)17(25)11-27-18-20-21-22-23(18)10-16-4-3-9-26-16/h3-9,12H,10-11H2,1-2H3,(H,19,24). The van der Waals surface area contributed by atoms with Gasteiger partial charge < -0.3 is 9.73 Å². The van der Waals surface area contributed by atoms with Crippen molar-refractivity contribution < 1.29 is 14.0 Å². The van der Waals surface area contributed by atoms with Crippen molar-refractivity contribution in [2.45, 2.75) is 31.6 Å². The number of nitrogens with zero attached hydrogens (tertiary/aromatic N) is 4. The lowest BCUT2D eigenvalue weighted by atomic mass is 10.0. The molecule has 3 rings (SSSR count). The van der Waals surface area contributed by atoms with E-state index in [0.717, 1.165) is 11.3 Å². The van der Waals surface area contributed by atoms with E-state index in [1.165, 1.54) is 18.7 Å². The minimum absolute atomic E-state index is 0.0220. The SMILES string of the molecule is CC(=O)NC(C)c1ccc(C(=O)CSc2nnnn2Cc2ccco2)cc1. The summed E-state index contributed by atoms with van der Waals surface area (Å²) in [6.07, 6.45) is 1.59. The van der Waals surface area contributed by atoms with Gasteiger partial charge in [-0.15, -0.1) is 5.10 Å². The Kier molecular flexibility index (Phi) is 6.02. The smallest absolute Gasteiger partial charge is 0.217 e. The molecule has 27 heavy (non-hydrogen) atoms. The first kappa shape index (κ1) is 18.8. The first-order valence-corrected chi connectivity index (χ1v) is 9.33. The van der Waals surface area contributed by atoms with Crippen LogP contribution in [0, 0.1) is 0 Å². The number of aromatic nitrogens is 4. The molecule has 0 aliphatic carbocycles. The maximum absolute atomic E-state index is 12.4. The Bertz CT molecular complexity index is 905. The van der Waals surface area contributed by atoms with E-state index < -0.39 is 0 Å². The number of carbonyl (C=O) groups is 2. The average Bonchev–Trinajstić information content (AvgIpc) is 3.32. The topological polar surface area (TPSA) is 103 Å². The third-order valence-corrected chi connectivity index (χ3v) is 4.83. The molecule has 0 radical (unpaired) electrons. The molecule has 0 aliphatic rings. The summed E-state index contributed by atoms with van der Waals surface area (Å²) in [4.78, 5) is 23.6. The van der Waals surface area contributed by atoms with Crippen molar-refractivity contribution in [2.75, 3.05) is 5.75 Å². The summed E-state index contributed by atoms with van der Waals surface area (Å²) in [5.41, 5.74) is 1.54.